The van der Waals surface area contributed by atoms with Crippen molar-refractivity contribution >= 4 is 28.7 Å². The molecule has 146 valence electrons. The highest BCUT2D eigenvalue weighted by Gasteiger charge is 2.30. The van der Waals surface area contributed by atoms with Crippen LogP contribution in [0.3, 0.4) is 0 Å². The summed E-state index contributed by atoms with van der Waals surface area (Å²) in [6, 6.07) is 3.71. The number of methoxy groups -OCH3 is 2. The molecule has 6 nitrogen and oxygen atoms in total. The van der Waals surface area contributed by atoms with Crippen LogP contribution in [0.5, 0.6) is 0 Å². The van der Waals surface area contributed by atoms with Crippen molar-refractivity contribution in [2.75, 3.05) is 26.2 Å². The number of carbonyl (C=O) groups is 2. The fourth-order valence-electron chi connectivity index (χ4n) is 4.24. The highest BCUT2D eigenvalue weighted by Crippen LogP contribution is 2.38. The Bertz CT molecular complexity index is 869. The number of aryl methyl sites for hydroxylation is 2. The Kier molecular flexibility index (Phi) is 5.44. The molecular formula is C21H28N2O4. The molecule has 1 heterocycles. The smallest absolute Gasteiger partial charge is 0.418 e. The van der Waals surface area contributed by atoms with E-state index >= 15 is 0 Å². The zero-order chi connectivity index (χ0) is 19.7. The number of ether oxygens (including phenoxy) is 2. The van der Waals surface area contributed by atoms with Gasteiger partial charge in [-0.1, -0.05) is 13.8 Å². The van der Waals surface area contributed by atoms with Crippen LogP contribution < -0.4 is 4.90 Å². The van der Waals surface area contributed by atoms with Crippen LogP contribution in [0.1, 0.15) is 37.8 Å². The van der Waals surface area contributed by atoms with Gasteiger partial charge in [-0.25, -0.2) is 9.59 Å². The van der Waals surface area contributed by atoms with E-state index in [1.807, 2.05) is 31.9 Å². The largest absolute Gasteiger partial charge is 0.467 e. The SMILES string of the molecule is COC(=O)C(C(C)C)N(C)c1cc2c(c3c1ccn3C(=O)OC)CCCC2. The molecule has 0 saturated heterocycles. The molecule has 0 radical (unpaired) electrons. The summed E-state index contributed by atoms with van der Waals surface area (Å²) in [6.45, 7) is 4.01. The van der Waals surface area contributed by atoms with Crippen molar-refractivity contribution in [3.63, 3.8) is 0 Å². The van der Waals surface area contributed by atoms with Crippen LogP contribution in [0.15, 0.2) is 18.3 Å². The van der Waals surface area contributed by atoms with Crippen molar-refractivity contribution in [1.82, 2.24) is 4.57 Å². The minimum Gasteiger partial charge on any atom is -0.467 e. The number of carbonyl (C=O) groups excluding carboxylic acids is 2. The van der Waals surface area contributed by atoms with E-state index in [-0.39, 0.29) is 11.9 Å². The normalized spacial score (nSPS) is 14.7. The number of esters is 1. The molecular weight excluding hydrogens is 344 g/mol. The lowest BCUT2D eigenvalue weighted by atomic mass is 9.88. The van der Waals surface area contributed by atoms with Gasteiger partial charge < -0.3 is 14.4 Å². The molecule has 27 heavy (non-hydrogen) atoms. The monoisotopic (exact) mass is 372 g/mol. The molecule has 6 heteroatoms. The molecule has 0 fully saturated rings. The van der Waals surface area contributed by atoms with Crippen molar-refractivity contribution in [3.8, 4) is 0 Å². The lowest BCUT2D eigenvalue weighted by Gasteiger charge is -2.32. The van der Waals surface area contributed by atoms with Gasteiger partial charge in [0, 0.05) is 24.3 Å². The molecule has 1 aliphatic rings. The van der Waals surface area contributed by atoms with Crippen LogP contribution in [0.25, 0.3) is 10.9 Å². The van der Waals surface area contributed by atoms with Crippen LogP contribution in [0.4, 0.5) is 10.5 Å². The topological polar surface area (TPSA) is 60.8 Å². The van der Waals surface area contributed by atoms with E-state index in [2.05, 4.69) is 6.07 Å². The quantitative estimate of drug-likeness (QED) is 0.765. The molecule has 1 unspecified atom stereocenters. The number of anilines is 1. The molecule has 1 aliphatic carbocycles. The van der Waals surface area contributed by atoms with Gasteiger partial charge in [0.05, 0.1) is 19.7 Å². The lowest BCUT2D eigenvalue weighted by Crippen LogP contribution is -2.43. The van der Waals surface area contributed by atoms with E-state index in [1.165, 1.54) is 25.3 Å². The van der Waals surface area contributed by atoms with Crippen LogP contribution in [0.2, 0.25) is 0 Å². The molecule has 1 aromatic heterocycles. The summed E-state index contributed by atoms with van der Waals surface area (Å²) >= 11 is 0. The zero-order valence-electron chi connectivity index (χ0n) is 16.7. The second-order valence-corrected chi connectivity index (χ2v) is 7.48. The highest BCUT2D eigenvalue weighted by atomic mass is 16.5. The van der Waals surface area contributed by atoms with Gasteiger partial charge in [-0.15, -0.1) is 0 Å². The Labute approximate surface area is 160 Å². The van der Waals surface area contributed by atoms with Crippen molar-refractivity contribution in [2.45, 2.75) is 45.6 Å². The van der Waals surface area contributed by atoms with Gasteiger partial charge >= 0.3 is 12.1 Å². The number of nitrogens with zero attached hydrogens (tertiary/aromatic N) is 2. The molecule has 3 rings (SSSR count). The Morgan fingerprint density at radius 1 is 1.15 bits per heavy atom. The maximum Gasteiger partial charge on any atom is 0.418 e. The molecule has 0 amide bonds. The van der Waals surface area contributed by atoms with Crippen molar-refractivity contribution in [1.29, 1.82) is 0 Å². The number of hydrogen-bond acceptors (Lipinski definition) is 5. The first-order valence-corrected chi connectivity index (χ1v) is 9.45. The van der Waals surface area contributed by atoms with Gasteiger partial charge in [-0.3, -0.25) is 4.57 Å². The number of fused-ring (bicyclic) bond motifs is 3. The van der Waals surface area contributed by atoms with Gasteiger partial charge in [0.2, 0.25) is 0 Å². The van der Waals surface area contributed by atoms with Gasteiger partial charge in [0.25, 0.3) is 0 Å². The van der Waals surface area contributed by atoms with E-state index in [9.17, 15) is 9.59 Å². The van der Waals surface area contributed by atoms with E-state index in [0.29, 0.717) is 0 Å². The first-order chi connectivity index (χ1) is 12.9. The van der Waals surface area contributed by atoms with Crippen LogP contribution in [-0.4, -0.2) is 43.9 Å². The predicted molar refractivity (Wildman–Crippen MR) is 105 cm³/mol. The Hall–Kier alpha value is -2.50. The van der Waals surface area contributed by atoms with E-state index in [1.54, 1.807) is 10.8 Å². The minimum atomic E-state index is -0.402. The van der Waals surface area contributed by atoms with Crippen molar-refractivity contribution in [2.24, 2.45) is 5.92 Å². The van der Waals surface area contributed by atoms with Gasteiger partial charge in [-0.2, -0.15) is 0 Å². The molecule has 1 aromatic carbocycles. The average molecular weight is 372 g/mol. The van der Waals surface area contributed by atoms with Crippen molar-refractivity contribution < 1.29 is 19.1 Å². The molecule has 0 saturated carbocycles. The number of hydrogen-bond donors (Lipinski definition) is 0. The second kappa shape index (κ2) is 7.62. The predicted octanol–water partition coefficient (Wildman–Crippen LogP) is 3.77. The number of likely N-dealkylation sites (N-methyl/N-ethyl adjacent to an activating group) is 1. The lowest BCUT2D eigenvalue weighted by molar-refractivity contribution is -0.143. The summed E-state index contributed by atoms with van der Waals surface area (Å²) in [4.78, 5) is 26.7. The summed E-state index contributed by atoms with van der Waals surface area (Å²) in [7, 11) is 4.73. The van der Waals surface area contributed by atoms with E-state index in [0.717, 1.165) is 42.3 Å². The van der Waals surface area contributed by atoms with E-state index < -0.39 is 12.1 Å². The van der Waals surface area contributed by atoms with Gasteiger partial charge in [0.1, 0.15) is 6.04 Å². The molecule has 2 aromatic rings. The maximum atomic E-state index is 12.4. The van der Waals surface area contributed by atoms with Crippen LogP contribution in [-0.2, 0) is 27.1 Å². The highest BCUT2D eigenvalue weighted by molar-refractivity contribution is 6.01. The molecule has 1 atom stereocenters. The molecule has 0 bridgehead atoms. The average Bonchev–Trinajstić information content (AvgIpc) is 3.11. The Morgan fingerprint density at radius 3 is 2.48 bits per heavy atom. The zero-order valence-corrected chi connectivity index (χ0v) is 16.7. The summed E-state index contributed by atoms with van der Waals surface area (Å²) < 4.78 is 11.6. The van der Waals surface area contributed by atoms with Crippen LogP contribution >= 0.6 is 0 Å². The standard InChI is InChI=1S/C21H28N2O4/c1-13(2)18(20(24)26-4)22(3)17-12-14-8-6-7-9-15(14)19-16(17)10-11-23(19)21(25)27-5/h10-13,18H,6-9H2,1-5H3. The molecule has 0 spiro atoms. The third-order valence-corrected chi connectivity index (χ3v) is 5.51. The Balaban J connectivity index is 2.23. The third kappa shape index (κ3) is 3.29. The van der Waals surface area contributed by atoms with Crippen LogP contribution in [0, 0.1) is 5.92 Å². The van der Waals surface area contributed by atoms with E-state index in [4.69, 9.17) is 9.47 Å². The summed E-state index contributed by atoms with van der Waals surface area (Å²) in [5.41, 5.74) is 4.29. The second-order valence-electron chi connectivity index (χ2n) is 7.48. The third-order valence-electron chi connectivity index (χ3n) is 5.51. The summed E-state index contributed by atoms with van der Waals surface area (Å²) in [5.74, 6) is -0.179. The number of benzene rings is 1. The first-order valence-electron chi connectivity index (χ1n) is 9.45. The minimum absolute atomic E-state index is 0.0798. The fraction of sp³-hybridized carbons (Fsp3) is 0.524. The molecule has 0 N–H and O–H groups in total. The van der Waals surface area contributed by atoms with Crippen molar-refractivity contribution in [3.05, 3.63) is 29.5 Å². The Morgan fingerprint density at radius 2 is 1.85 bits per heavy atom. The number of aromatic nitrogens is 1. The maximum absolute atomic E-state index is 12.4. The first kappa shape index (κ1) is 19.3. The van der Waals surface area contributed by atoms with Gasteiger partial charge in [0.15, 0.2) is 0 Å². The van der Waals surface area contributed by atoms with Gasteiger partial charge in [-0.05, 0) is 54.9 Å². The summed E-state index contributed by atoms with van der Waals surface area (Å²) in [6.07, 6.45) is 5.52. The fourth-order valence-corrected chi connectivity index (χ4v) is 4.24. The summed E-state index contributed by atoms with van der Waals surface area (Å²) in [5, 5.41) is 0.957. The number of rotatable bonds is 4. The molecule has 0 aliphatic heterocycles.